The molecule has 1 aromatic heterocycles. The Bertz CT molecular complexity index is 682. The first-order chi connectivity index (χ1) is 10.8. The summed E-state index contributed by atoms with van der Waals surface area (Å²) >= 11 is 0. The van der Waals surface area contributed by atoms with E-state index in [2.05, 4.69) is 16.5 Å². The Morgan fingerprint density at radius 3 is 1.68 bits per heavy atom. The molecule has 15 heteroatoms. The van der Waals surface area contributed by atoms with Crippen LogP contribution in [0.1, 0.15) is 12.7 Å². The Kier molecular flexibility index (Phi) is 6.59. The van der Waals surface area contributed by atoms with Crippen molar-refractivity contribution in [3.63, 3.8) is 0 Å². The molecule has 0 atom stereocenters. The zero-order valence-corrected chi connectivity index (χ0v) is 13.1. The molecule has 0 aliphatic rings. The molecule has 148 valence electrons. The van der Waals surface area contributed by atoms with Crippen LogP contribution in [0.3, 0.4) is 0 Å². The van der Waals surface area contributed by atoms with Gasteiger partial charge in [-0.15, -0.1) is 0 Å². The molecule has 0 spiro atoms. The Balaban J connectivity index is 0.000000593. The number of halogens is 9. The second-order valence-corrected chi connectivity index (χ2v) is 5.86. The van der Waals surface area contributed by atoms with Gasteiger partial charge >= 0.3 is 33.4 Å². The molecule has 25 heavy (non-hydrogen) atoms. The minimum atomic E-state index is -7.37. The van der Waals surface area contributed by atoms with Crippen LogP contribution in [0.5, 0.6) is 0 Å². The molecule has 1 aromatic rings. The second kappa shape index (κ2) is 7.01. The maximum Gasteiger partial charge on any atom is 0.460 e. The number of hydrogen-bond acceptors (Lipinski definition) is 3. The zero-order valence-electron chi connectivity index (χ0n) is 12.3. The molecule has 0 bridgehead atoms. The van der Waals surface area contributed by atoms with E-state index in [9.17, 15) is 47.9 Å². The Labute approximate surface area is 135 Å². The summed E-state index contributed by atoms with van der Waals surface area (Å²) < 4.78 is 136. The largest absolute Gasteiger partial charge is 0.460 e. The lowest BCUT2D eigenvalue weighted by atomic mass is 10.1. The highest BCUT2D eigenvalue weighted by Crippen LogP contribution is 2.54. The van der Waals surface area contributed by atoms with Gasteiger partial charge in [-0.3, -0.25) is 4.55 Å². The lowest BCUT2D eigenvalue weighted by Gasteiger charge is -2.31. The first kappa shape index (κ1) is 23.5. The number of aryl methyl sites for hydroxylation is 2. The van der Waals surface area contributed by atoms with Crippen LogP contribution in [-0.4, -0.2) is 45.8 Å². The SMILES string of the molecule is CCn1ccnc1C.O=S(=O)(O)C(F)(F)C(F)(F)C(F)(F)C(F)(F)F. The van der Waals surface area contributed by atoms with Crippen molar-refractivity contribution in [2.45, 2.75) is 43.7 Å². The van der Waals surface area contributed by atoms with Gasteiger partial charge in [-0.25, -0.2) is 4.98 Å². The maximum atomic E-state index is 12.2. The molecule has 1 heterocycles. The van der Waals surface area contributed by atoms with Crippen LogP contribution in [0.15, 0.2) is 12.4 Å². The molecule has 0 amide bonds. The van der Waals surface area contributed by atoms with E-state index in [-0.39, 0.29) is 0 Å². The lowest BCUT2D eigenvalue weighted by Crippen LogP contribution is -2.63. The van der Waals surface area contributed by atoms with Gasteiger partial charge in [0.2, 0.25) is 0 Å². The molecule has 0 unspecified atom stereocenters. The topological polar surface area (TPSA) is 72.2 Å². The Hall–Kier alpha value is -1.51. The van der Waals surface area contributed by atoms with Crippen LogP contribution in [0.4, 0.5) is 39.5 Å². The highest BCUT2D eigenvalue weighted by atomic mass is 32.2. The smallest absolute Gasteiger partial charge is 0.335 e. The fraction of sp³-hybridized carbons (Fsp3) is 0.700. The van der Waals surface area contributed by atoms with Crippen molar-refractivity contribution in [2.75, 3.05) is 0 Å². The van der Waals surface area contributed by atoms with Gasteiger partial charge in [0.25, 0.3) is 0 Å². The van der Waals surface area contributed by atoms with Crippen LogP contribution in [0.25, 0.3) is 0 Å². The molecule has 1 N–H and O–H groups in total. The van der Waals surface area contributed by atoms with Gasteiger partial charge in [0.05, 0.1) is 0 Å². The number of rotatable bonds is 4. The molecular weight excluding hydrogens is 399 g/mol. The van der Waals surface area contributed by atoms with E-state index < -0.39 is 33.4 Å². The number of hydrogen-bond donors (Lipinski definition) is 1. The maximum absolute atomic E-state index is 12.2. The van der Waals surface area contributed by atoms with Gasteiger partial charge in [0.1, 0.15) is 5.82 Å². The molecule has 0 saturated heterocycles. The highest BCUT2D eigenvalue weighted by Gasteiger charge is 2.85. The highest BCUT2D eigenvalue weighted by molar-refractivity contribution is 7.87. The van der Waals surface area contributed by atoms with Crippen LogP contribution >= 0.6 is 0 Å². The number of nitrogens with zero attached hydrogens (tertiary/aromatic N) is 2. The lowest BCUT2D eigenvalue weighted by molar-refractivity contribution is -0.382. The van der Waals surface area contributed by atoms with Gasteiger partial charge in [-0.1, -0.05) is 0 Å². The molecule has 5 nitrogen and oxygen atoms in total. The summed E-state index contributed by atoms with van der Waals surface area (Å²) in [7, 11) is -7.17. The fourth-order valence-corrected chi connectivity index (χ4v) is 1.71. The van der Waals surface area contributed by atoms with Gasteiger partial charge in [0.15, 0.2) is 0 Å². The van der Waals surface area contributed by atoms with Crippen molar-refractivity contribution in [1.29, 1.82) is 0 Å². The molecule has 0 aliphatic carbocycles. The third-order valence-corrected chi connectivity index (χ3v) is 3.61. The molecule has 1 rings (SSSR count). The van der Waals surface area contributed by atoms with Gasteiger partial charge < -0.3 is 4.57 Å². The zero-order chi connectivity index (χ0) is 20.5. The summed E-state index contributed by atoms with van der Waals surface area (Å²) in [4.78, 5) is 4.05. The summed E-state index contributed by atoms with van der Waals surface area (Å²) in [5.41, 5.74) is 0. The third kappa shape index (κ3) is 4.37. The van der Waals surface area contributed by atoms with E-state index in [1.807, 2.05) is 19.3 Å². The van der Waals surface area contributed by atoms with E-state index in [4.69, 9.17) is 4.55 Å². The summed E-state index contributed by atoms with van der Waals surface area (Å²) in [5, 5.41) is -7.00. The first-order valence-corrected chi connectivity index (χ1v) is 7.43. The first-order valence-electron chi connectivity index (χ1n) is 5.99. The number of alkyl halides is 9. The Morgan fingerprint density at radius 1 is 1.04 bits per heavy atom. The van der Waals surface area contributed by atoms with Crippen molar-refractivity contribution < 1.29 is 52.5 Å². The normalized spacial score (nSPS) is 14.1. The predicted octanol–water partition coefficient (Wildman–Crippen LogP) is 3.51. The summed E-state index contributed by atoms with van der Waals surface area (Å²) in [6.07, 6.45) is -3.33. The molecule has 0 aromatic carbocycles. The van der Waals surface area contributed by atoms with Crippen LogP contribution in [-0.2, 0) is 16.7 Å². The minimum Gasteiger partial charge on any atom is -0.335 e. The van der Waals surface area contributed by atoms with Crippen molar-refractivity contribution in [3.8, 4) is 0 Å². The molecule has 0 aliphatic heterocycles. The van der Waals surface area contributed by atoms with Crippen molar-refractivity contribution in [3.05, 3.63) is 18.2 Å². The van der Waals surface area contributed by atoms with Gasteiger partial charge in [-0.05, 0) is 13.8 Å². The van der Waals surface area contributed by atoms with Crippen molar-refractivity contribution in [2.24, 2.45) is 0 Å². The minimum absolute atomic E-state index is 1.02. The van der Waals surface area contributed by atoms with E-state index in [0.29, 0.717) is 0 Å². The number of aromatic nitrogens is 2. The van der Waals surface area contributed by atoms with E-state index >= 15 is 0 Å². The van der Waals surface area contributed by atoms with Gasteiger partial charge in [0, 0.05) is 18.9 Å². The predicted molar refractivity (Wildman–Crippen MR) is 65.1 cm³/mol. The molecule has 0 fully saturated rings. The Morgan fingerprint density at radius 2 is 1.48 bits per heavy atom. The molecular formula is C10H11F9N2O3S. The summed E-state index contributed by atoms with van der Waals surface area (Å²) in [6, 6.07) is 0. The van der Waals surface area contributed by atoms with Crippen molar-refractivity contribution in [1.82, 2.24) is 9.55 Å². The fourth-order valence-electron chi connectivity index (χ4n) is 1.26. The average Bonchev–Trinajstić information content (AvgIpc) is 2.81. The van der Waals surface area contributed by atoms with Gasteiger partial charge in [-0.2, -0.15) is 47.9 Å². The second-order valence-electron chi connectivity index (χ2n) is 4.40. The van der Waals surface area contributed by atoms with Crippen molar-refractivity contribution >= 4 is 10.1 Å². The average molecular weight is 410 g/mol. The van der Waals surface area contributed by atoms with Crippen LogP contribution in [0, 0.1) is 6.92 Å². The van der Waals surface area contributed by atoms with E-state index in [0.717, 1.165) is 12.4 Å². The number of imidazole rings is 1. The molecule has 0 saturated carbocycles. The van der Waals surface area contributed by atoms with E-state index in [1.165, 1.54) is 0 Å². The molecule has 0 radical (unpaired) electrons. The summed E-state index contributed by atoms with van der Waals surface area (Å²) in [5.74, 6) is -13.6. The monoisotopic (exact) mass is 410 g/mol. The van der Waals surface area contributed by atoms with E-state index in [1.54, 1.807) is 0 Å². The van der Waals surface area contributed by atoms with Crippen LogP contribution < -0.4 is 0 Å². The quantitative estimate of drug-likeness (QED) is 0.609. The standard InChI is InChI=1S/C6H10N2.C4HF9O3S/c1-3-8-5-4-7-6(8)2;5-1(6,3(9,10)11)2(7,8)4(12,13)17(14,15)16/h4-5H,3H2,1-2H3;(H,14,15,16). The third-order valence-electron chi connectivity index (χ3n) is 2.70. The summed E-state index contributed by atoms with van der Waals surface area (Å²) in [6.45, 7) is 5.13. The van der Waals surface area contributed by atoms with Crippen LogP contribution in [0.2, 0.25) is 0 Å².